The zero-order chi connectivity index (χ0) is 18.6. The summed E-state index contributed by atoms with van der Waals surface area (Å²) in [5.74, 6) is -0.0100. The third-order valence-corrected chi connectivity index (χ3v) is 5.84. The van der Waals surface area contributed by atoms with Crippen molar-refractivity contribution in [3.05, 3.63) is 27.7 Å². The number of amides is 1. The minimum absolute atomic E-state index is 0.0100. The Labute approximate surface area is 161 Å². The fourth-order valence-corrected chi connectivity index (χ4v) is 4.78. The largest absolute Gasteiger partial charge is 0.326 e. The second-order valence-corrected chi connectivity index (χ2v) is 9.13. The van der Waals surface area contributed by atoms with Gasteiger partial charge in [0.05, 0.1) is 0 Å². The van der Waals surface area contributed by atoms with Crippen LogP contribution in [0.4, 0.5) is 5.69 Å². The van der Waals surface area contributed by atoms with Crippen LogP contribution in [0.1, 0.15) is 77.8 Å². The smallest absolute Gasteiger partial charge is 0.221 e. The summed E-state index contributed by atoms with van der Waals surface area (Å²) in [5, 5.41) is 3.06. The molecule has 0 radical (unpaired) electrons. The van der Waals surface area contributed by atoms with Crippen LogP contribution in [-0.4, -0.2) is 23.4 Å². The van der Waals surface area contributed by atoms with Gasteiger partial charge in [-0.05, 0) is 48.1 Å². The summed E-state index contributed by atoms with van der Waals surface area (Å²) in [6, 6.07) is 5.03. The Hall–Kier alpha value is -0.870. The maximum atomic E-state index is 11.7. The lowest BCUT2D eigenvalue weighted by Crippen LogP contribution is -2.36. The molecule has 25 heavy (non-hydrogen) atoms. The Kier molecular flexibility index (Phi) is 7.10. The molecule has 1 aliphatic rings. The predicted molar refractivity (Wildman–Crippen MR) is 110 cm³/mol. The van der Waals surface area contributed by atoms with Crippen molar-refractivity contribution in [1.29, 1.82) is 0 Å². The molecular formula is C21H33BrN2O. The number of hydrogen-bond acceptors (Lipinski definition) is 2. The van der Waals surface area contributed by atoms with Crippen LogP contribution >= 0.6 is 15.9 Å². The maximum absolute atomic E-state index is 11.7. The topological polar surface area (TPSA) is 32.3 Å². The molecule has 0 saturated heterocycles. The summed E-state index contributed by atoms with van der Waals surface area (Å²) in [6.07, 6.45) is 6.64. The van der Waals surface area contributed by atoms with Gasteiger partial charge in [0.15, 0.2) is 0 Å². The van der Waals surface area contributed by atoms with Crippen LogP contribution < -0.4 is 5.32 Å². The van der Waals surface area contributed by atoms with Gasteiger partial charge in [0.2, 0.25) is 5.91 Å². The minimum Gasteiger partial charge on any atom is -0.326 e. The highest BCUT2D eigenvalue weighted by molar-refractivity contribution is 9.10. The first-order chi connectivity index (χ1) is 11.7. The van der Waals surface area contributed by atoms with E-state index in [-0.39, 0.29) is 11.3 Å². The summed E-state index contributed by atoms with van der Waals surface area (Å²) in [6.45, 7) is 12.4. The molecular weight excluding hydrogens is 376 g/mol. The van der Waals surface area contributed by atoms with Crippen LogP contribution in [0.5, 0.6) is 0 Å². The highest BCUT2D eigenvalue weighted by atomic mass is 79.9. The van der Waals surface area contributed by atoms with Gasteiger partial charge in [0.1, 0.15) is 0 Å². The zero-order valence-electron chi connectivity index (χ0n) is 16.4. The zero-order valence-corrected chi connectivity index (χ0v) is 18.0. The number of halogens is 1. The number of rotatable bonds is 5. The van der Waals surface area contributed by atoms with Crippen molar-refractivity contribution in [3.8, 4) is 0 Å². The third kappa shape index (κ3) is 5.55. The van der Waals surface area contributed by atoms with Crippen molar-refractivity contribution in [2.24, 2.45) is 0 Å². The molecule has 0 spiro atoms. The van der Waals surface area contributed by atoms with E-state index in [0.29, 0.717) is 6.04 Å². The molecule has 3 nitrogen and oxygen atoms in total. The van der Waals surface area contributed by atoms with Gasteiger partial charge in [0.25, 0.3) is 0 Å². The lowest BCUT2D eigenvalue weighted by atomic mass is 9.86. The molecule has 140 valence electrons. The number of carbonyl (C=O) groups is 1. The van der Waals surface area contributed by atoms with Crippen LogP contribution in [0.2, 0.25) is 0 Å². The number of carbonyl (C=O) groups excluding carboxylic acids is 1. The molecule has 4 heteroatoms. The third-order valence-electron chi connectivity index (χ3n) is 5.18. The van der Waals surface area contributed by atoms with Gasteiger partial charge in [-0.2, -0.15) is 0 Å². The lowest BCUT2D eigenvalue weighted by molar-refractivity contribution is -0.114. The molecule has 1 fully saturated rings. The quantitative estimate of drug-likeness (QED) is 0.661. The first-order valence-corrected chi connectivity index (χ1v) is 10.4. The van der Waals surface area contributed by atoms with E-state index in [1.165, 1.54) is 43.2 Å². The lowest BCUT2D eigenvalue weighted by Gasteiger charge is -2.34. The van der Waals surface area contributed by atoms with E-state index < -0.39 is 0 Å². The standard InChI is InChI=1S/C21H33BrN2O/c1-6-24(17-10-8-7-9-11-17)14-16-12-19(22)18(21(3,4)5)13-20(16)23-15(2)25/h12-13,17H,6-11,14H2,1-5H3,(H,23,25). The van der Waals surface area contributed by atoms with Crippen molar-refractivity contribution < 1.29 is 4.79 Å². The monoisotopic (exact) mass is 408 g/mol. The van der Waals surface area contributed by atoms with Gasteiger partial charge in [-0.25, -0.2) is 0 Å². The van der Waals surface area contributed by atoms with Gasteiger partial charge in [0, 0.05) is 29.7 Å². The van der Waals surface area contributed by atoms with Crippen LogP contribution in [0.25, 0.3) is 0 Å². The number of nitrogens with one attached hydrogen (secondary N) is 1. The molecule has 0 aliphatic heterocycles. The molecule has 2 rings (SSSR count). The number of hydrogen-bond donors (Lipinski definition) is 1. The molecule has 1 aromatic carbocycles. The van der Waals surface area contributed by atoms with Crippen LogP contribution in [0.3, 0.4) is 0 Å². The van der Waals surface area contributed by atoms with Crippen molar-refractivity contribution in [1.82, 2.24) is 4.90 Å². The highest BCUT2D eigenvalue weighted by Crippen LogP contribution is 2.35. The molecule has 0 unspecified atom stereocenters. The van der Waals surface area contributed by atoms with Gasteiger partial charge >= 0.3 is 0 Å². The molecule has 1 saturated carbocycles. The summed E-state index contributed by atoms with van der Waals surface area (Å²) >= 11 is 3.76. The van der Waals surface area contributed by atoms with Gasteiger partial charge in [-0.1, -0.05) is 62.9 Å². The first kappa shape index (κ1) is 20.4. The fraction of sp³-hybridized carbons (Fsp3) is 0.667. The second-order valence-electron chi connectivity index (χ2n) is 8.28. The normalized spacial score (nSPS) is 16.3. The molecule has 0 heterocycles. The number of nitrogens with zero attached hydrogens (tertiary/aromatic N) is 1. The number of benzene rings is 1. The van der Waals surface area contributed by atoms with Crippen molar-refractivity contribution in [2.75, 3.05) is 11.9 Å². The van der Waals surface area contributed by atoms with Crippen LogP contribution in [0, 0.1) is 0 Å². The van der Waals surface area contributed by atoms with Gasteiger partial charge in [-0.3, -0.25) is 9.69 Å². The van der Waals surface area contributed by atoms with Gasteiger partial charge in [-0.15, -0.1) is 0 Å². The molecule has 1 N–H and O–H groups in total. The second kappa shape index (κ2) is 8.68. The summed E-state index contributed by atoms with van der Waals surface area (Å²) < 4.78 is 1.13. The van der Waals surface area contributed by atoms with Gasteiger partial charge < -0.3 is 5.32 Å². The van der Waals surface area contributed by atoms with Crippen LogP contribution in [-0.2, 0) is 16.8 Å². The predicted octanol–water partition coefficient (Wildman–Crippen LogP) is 5.86. The number of anilines is 1. The average molecular weight is 409 g/mol. The van der Waals surface area contributed by atoms with E-state index in [2.05, 4.69) is 66.0 Å². The first-order valence-electron chi connectivity index (χ1n) is 9.57. The highest BCUT2D eigenvalue weighted by Gasteiger charge is 2.23. The average Bonchev–Trinajstić information content (AvgIpc) is 2.54. The van der Waals surface area contributed by atoms with E-state index in [1.54, 1.807) is 6.92 Å². The van der Waals surface area contributed by atoms with E-state index in [1.807, 2.05) is 0 Å². The Bertz CT molecular complexity index is 601. The molecule has 0 atom stereocenters. The minimum atomic E-state index is -0.0100. The van der Waals surface area contributed by atoms with E-state index in [0.717, 1.165) is 23.2 Å². The maximum Gasteiger partial charge on any atom is 0.221 e. The summed E-state index contributed by atoms with van der Waals surface area (Å²) in [4.78, 5) is 14.3. The van der Waals surface area contributed by atoms with E-state index >= 15 is 0 Å². The van der Waals surface area contributed by atoms with Crippen molar-refractivity contribution >= 4 is 27.5 Å². The van der Waals surface area contributed by atoms with Crippen molar-refractivity contribution in [3.63, 3.8) is 0 Å². The SMILES string of the molecule is CCN(Cc1cc(Br)c(C(C)(C)C)cc1NC(C)=O)C1CCCCC1. The Morgan fingerprint density at radius 2 is 1.88 bits per heavy atom. The van der Waals surface area contributed by atoms with E-state index in [9.17, 15) is 4.79 Å². The Balaban J connectivity index is 2.33. The molecule has 0 bridgehead atoms. The van der Waals surface area contributed by atoms with Crippen LogP contribution in [0.15, 0.2) is 16.6 Å². The Morgan fingerprint density at radius 3 is 2.40 bits per heavy atom. The fourth-order valence-electron chi connectivity index (χ4n) is 3.79. The van der Waals surface area contributed by atoms with E-state index in [4.69, 9.17) is 0 Å². The molecule has 0 aromatic heterocycles. The summed E-state index contributed by atoms with van der Waals surface area (Å²) in [7, 11) is 0. The molecule has 1 aromatic rings. The Morgan fingerprint density at radius 1 is 1.24 bits per heavy atom. The summed E-state index contributed by atoms with van der Waals surface area (Å²) in [5.41, 5.74) is 3.40. The van der Waals surface area contributed by atoms with Crippen molar-refractivity contribution in [2.45, 2.75) is 84.7 Å². The molecule has 1 aliphatic carbocycles. The molecule has 1 amide bonds.